The van der Waals surface area contributed by atoms with Gasteiger partial charge in [-0.15, -0.1) is 0 Å². The number of aromatic nitrogens is 1. The predicted molar refractivity (Wildman–Crippen MR) is 132 cm³/mol. The highest BCUT2D eigenvalue weighted by Crippen LogP contribution is 2.27. The summed E-state index contributed by atoms with van der Waals surface area (Å²) in [5.74, 6) is -1.02. The van der Waals surface area contributed by atoms with Crippen LogP contribution in [0.25, 0.3) is 10.2 Å². The number of para-hydroxylation sites is 1. The first-order valence-corrected chi connectivity index (χ1v) is 13.4. The molecule has 3 aromatic rings. The first-order valence-electron chi connectivity index (χ1n) is 10.8. The minimum absolute atomic E-state index is 0.00607. The van der Waals surface area contributed by atoms with Gasteiger partial charge in [0, 0.05) is 31.0 Å². The molecule has 35 heavy (non-hydrogen) atoms. The van der Waals surface area contributed by atoms with Crippen LogP contribution in [0.5, 0.6) is 5.75 Å². The van der Waals surface area contributed by atoms with Crippen molar-refractivity contribution in [2.75, 3.05) is 31.3 Å². The molecule has 0 atom stereocenters. The number of aromatic hydroxyl groups is 1. The van der Waals surface area contributed by atoms with Gasteiger partial charge in [0.2, 0.25) is 5.91 Å². The molecule has 0 aliphatic heterocycles. The van der Waals surface area contributed by atoms with Crippen LogP contribution in [0.15, 0.2) is 41.2 Å². The second kappa shape index (κ2) is 11.9. The Kier molecular flexibility index (Phi) is 8.95. The average molecular weight is 524 g/mol. The van der Waals surface area contributed by atoms with E-state index in [1.165, 1.54) is 12.1 Å². The van der Waals surface area contributed by atoms with Gasteiger partial charge in [-0.25, -0.2) is 8.42 Å². The summed E-state index contributed by atoms with van der Waals surface area (Å²) in [7, 11) is -3.51. The molecular formula is C22H25N3O8S2. The van der Waals surface area contributed by atoms with Crippen LogP contribution < -0.4 is 10.2 Å². The van der Waals surface area contributed by atoms with Crippen LogP contribution in [0.3, 0.4) is 0 Å². The van der Waals surface area contributed by atoms with E-state index in [4.69, 9.17) is 4.74 Å². The van der Waals surface area contributed by atoms with E-state index in [0.717, 1.165) is 16.9 Å². The van der Waals surface area contributed by atoms with Crippen molar-refractivity contribution in [3.05, 3.63) is 67.3 Å². The number of carbonyl (C=O) groups excluding carboxylic acids is 1. The normalized spacial score (nSPS) is 11.5. The first-order chi connectivity index (χ1) is 16.7. The molecule has 0 saturated carbocycles. The van der Waals surface area contributed by atoms with Gasteiger partial charge in [0.25, 0.3) is 5.69 Å². The Labute approximate surface area is 204 Å². The van der Waals surface area contributed by atoms with E-state index in [1.807, 2.05) is 0 Å². The number of thiazole rings is 1. The Morgan fingerprint density at radius 2 is 1.89 bits per heavy atom. The molecule has 0 aliphatic carbocycles. The standard InChI is InChI=1S/C22H25N3O8S2/c26-18-6-5-16(21-20(18)24-22(28)34-21)7-10-23-19(27)9-13-35(31,32)14-12-33-11-8-15-3-1-2-4-17(15)25(29)30/h1-6,26H,7-14H2,(H,23,27)(H,24,28). The molecule has 3 N–H and O–H groups in total. The number of phenols is 1. The number of sulfone groups is 1. The monoisotopic (exact) mass is 523 g/mol. The van der Waals surface area contributed by atoms with E-state index >= 15 is 0 Å². The molecule has 13 heteroatoms. The van der Waals surface area contributed by atoms with Crippen LogP contribution >= 0.6 is 11.3 Å². The summed E-state index contributed by atoms with van der Waals surface area (Å²) in [6.07, 6.45) is 0.504. The number of hydrogen-bond acceptors (Lipinski definition) is 9. The molecule has 0 fully saturated rings. The zero-order valence-electron chi connectivity index (χ0n) is 18.7. The van der Waals surface area contributed by atoms with Crippen LogP contribution in [-0.2, 0) is 32.2 Å². The van der Waals surface area contributed by atoms with Gasteiger partial charge in [-0.1, -0.05) is 35.6 Å². The molecular weight excluding hydrogens is 498 g/mol. The lowest BCUT2D eigenvalue weighted by atomic mass is 10.1. The molecule has 1 aromatic heterocycles. The number of carbonyl (C=O) groups is 1. The zero-order chi connectivity index (χ0) is 25.4. The van der Waals surface area contributed by atoms with Crippen molar-refractivity contribution in [1.29, 1.82) is 0 Å². The van der Waals surface area contributed by atoms with Gasteiger partial charge in [0.05, 0.1) is 34.3 Å². The Morgan fingerprint density at radius 1 is 1.11 bits per heavy atom. The van der Waals surface area contributed by atoms with E-state index in [-0.39, 0.29) is 60.4 Å². The first kappa shape index (κ1) is 26.3. The Morgan fingerprint density at radius 3 is 2.66 bits per heavy atom. The van der Waals surface area contributed by atoms with E-state index < -0.39 is 20.7 Å². The fourth-order valence-electron chi connectivity index (χ4n) is 3.42. The van der Waals surface area contributed by atoms with Crippen molar-refractivity contribution >= 4 is 43.0 Å². The number of fused-ring (bicyclic) bond motifs is 1. The quantitative estimate of drug-likeness (QED) is 0.173. The summed E-state index contributed by atoms with van der Waals surface area (Å²) < 4.78 is 30.3. The van der Waals surface area contributed by atoms with Gasteiger partial charge in [-0.2, -0.15) is 0 Å². The number of rotatable bonds is 13. The summed E-state index contributed by atoms with van der Waals surface area (Å²) in [6, 6.07) is 9.43. The molecule has 2 aromatic carbocycles. The molecule has 3 rings (SSSR count). The van der Waals surface area contributed by atoms with Gasteiger partial charge < -0.3 is 20.1 Å². The third-order valence-electron chi connectivity index (χ3n) is 5.24. The number of hydrogen-bond donors (Lipinski definition) is 3. The number of nitrogens with one attached hydrogen (secondary N) is 2. The van der Waals surface area contributed by atoms with Gasteiger partial charge in [0.15, 0.2) is 9.84 Å². The van der Waals surface area contributed by atoms with Gasteiger partial charge in [-0.05, 0) is 18.1 Å². The highest BCUT2D eigenvalue weighted by molar-refractivity contribution is 7.91. The van der Waals surface area contributed by atoms with Crippen molar-refractivity contribution < 1.29 is 28.0 Å². The van der Waals surface area contributed by atoms with Crippen molar-refractivity contribution in [1.82, 2.24) is 10.3 Å². The summed E-state index contributed by atoms with van der Waals surface area (Å²) in [5.41, 5.74) is 1.65. The summed E-state index contributed by atoms with van der Waals surface area (Å²) >= 11 is 0.972. The van der Waals surface area contributed by atoms with Crippen LogP contribution in [-0.4, -0.2) is 60.6 Å². The maximum absolute atomic E-state index is 12.2. The largest absolute Gasteiger partial charge is 0.506 e. The van der Waals surface area contributed by atoms with Crippen molar-refractivity contribution in [2.24, 2.45) is 0 Å². The fourth-order valence-corrected chi connectivity index (χ4v) is 5.39. The number of nitro benzene ring substituents is 1. The highest BCUT2D eigenvalue weighted by atomic mass is 32.2. The van der Waals surface area contributed by atoms with Crippen LogP contribution in [0.4, 0.5) is 5.69 Å². The van der Waals surface area contributed by atoms with Gasteiger partial charge in [0.1, 0.15) is 11.3 Å². The summed E-state index contributed by atoms with van der Waals surface area (Å²) in [6.45, 7) is 0.321. The minimum Gasteiger partial charge on any atom is -0.506 e. The minimum atomic E-state index is -3.51. The second-order valence-electron chi connectivity index (χ2n) is 7.71. The molecule has 0 unspecified atom stereocenters. The van der Waals surface area contributed by atoms with Crippen LogP contribution in [0.1, 0.15) is 17.5 Å². The Bertz CT molecular complexity index is 1360. The highest BCUT2D eigenvalue weighted by Gasteiger charge is 2.15. The predicted octanol–water partition coefficient (Wildman–Crippen LogP) is 1.93. The summed E-state index contributed by atoms with van der Waals surface area (Å²) in [4.78, 5) is 36.4. The fraction of sp³-hybridized carbons (Fsp3) is 0.364. The number of H-pyrrole nitrogens is 1. The maximum atomic E-state index is 12.2. The number of amides is 1. The van der Waals surface area contributed by atoms with Crippen molar-refractivity contribution in [3.63, 3.8) is 0 Å². The molecule has 0 radical (unpaired) electrons. The SMILES string of the molecule is O=C(CCS(=O)(=O)CCOCCc1ccccc1[N+](=O)[O-])NCCc1ccc(O)c2[nH]c(=O)sc12. The number of aromatic amines is 1. The van der Waals surface area contributed by atoms with Crippen LogP contribution in [0.2, 0.25) is 0 Å². The van der Waals surface area contributed by atoms with E-state index in [9.17, 15) is 33.2 Å². The third kappa shape index (κ3) is 7.60. The zero-order valence-corrected chi connectivity index (χ0v) is 20.3. The smallest absolute Gasteiger partial charge is 0.305 e. The average Bonchev–Trinajstić information content (AvgIpc) is 3.22. The maximum Gasteiger partial charge on any atom is 0.305 e. The molecule has 1 heterocycles. The van der Waals surface area contributed by atoms with Gasteiger partial charge in [-0.3, -0.25) is 19.7 Å². The second-order valence-corrected chi connectivity index (χ2v) is 11.0. The number of benzene rings is 2. The van der Waals surface area contributed by atoms with Crippen LogP contribution in [0, 0.1) is 10.1 Å². The summed E-state index contributed by atoms with van der Waals surface area (Å²) in [5, 5.41) is 23.5. The number of ether oxygens (including phenoxy) is 1. The molecule has 0 spiro atoms. The van der Waals surface area contributed by atoms with E-state index in [0.29, 0.717) is 22.2 Å². The lowest BCUT2D eigenvalue weighted by Crippen LogP contribution is -2.28. The lowest BCUT2D eigenvalue weighted by Gasteiger charge is -2.08. The third-order valence-corrected chi connectivity index (χ3v) is 7.81. The van der Waals surface area contributed by atoms with E-state index in [1.54, 1.807) is 24.3 Å². The molecule has 188 valence electrons. The molecule has 0 saturated heterocycles. The topological polar surface area (TPSA) is 169 Å². The van der Waals surface area contributed by atoms with Crippen molar-refractivity contribution in [2.45, 2.75) is 19.3 Å². The Hall–Kier alpha value is -3.29. The molecule has 0 aliphatic rings. The number of nitro groups is 1. The number of phenolic OH excluding ortho intramolecular Hbond substituents is 1. The molecule has 0 bridgehead atoms. The van der Waals surface area contributed by atoms with Gasteiger partial charge >= 0.3 is 4.87 Å². The molecule has 11 nitrogen and oxygen atoms in total. The van der Waals surface area contributed by atoms with Crippen molar-refractivity contribution in [3.8, 4) is 5.75 Å². The Balaban J connectivity index is 1.35. The molecule has 1 amide bonds. The lowest BCUT2D eigenvalue weighted by molar-refractivity contribution is -0.385. The number of nitrogens with zero attached hydrogens (tertiary/aromatic N) is 1. The van der Waals surface area contributed by atoms with E-state index in [2.05, 4.69) is 10.3 Å².